The Morgan fingerprint density at radius 2 is 1.77 bits per heavy atom. The lowest BCUT2D eigenvalue weighted by molar-refractivity contribution is 0.122. The van der Waals surface area contributed by atoms with Crippen LogP contribution in [0.15, 0.2) is 42.5 Å². The molecule has 3 aliphatic heterocycles. The maximum Gasteiger partial charge on any atom is 0.231 e. The summed E-state index contributed by atoms with van der Waals surface area (Å²) in [6.07, 6.45) is 0.821. The first kappa shape index (κ1) is 21.9. The molecular weight excluding hydrogens is 448 g/mol. The van der Waals surface area contributed by atoms with Crippen LogP contribution in [-0.4, -0.2) is 61.6 Å². The smallest absolute Gasteiger partial charge is 0.231 e. The molecule has 0 amide bonds. The number of nitrogens with zero attached hydrogens (tertiary/aromatic N) is 4. The quantitative estimate of drug-likeness (QED) is 0.532. The molecule has 9 heteroatoms. The number of anilines is 1. The number of rotatable bonds is 6. The number of benzene rings is 2. The van der Waals surface area contributed by atoms with Crippen LogP contribution < -0.4 is 23.8 Å². The van der Waals surface area contributed by atoms with Gasteiger partial charge in [-0.3, -0.25) is 4.90 Å². The van der Waals surface area contributed by atoms with E-state index in [4.69, 9.17) is 33.7 Å². The normalized spacial score (nSPS) is 17.2. The zero-order chi connectivity index (χ0) is 23.6. The first-order valence-corrected chi connectivity index (χ1v) is 11.9. The van der Waals surface area contributed by atoms with Crippen molar-refractivity contribution in [2.45, 2.75) is 19.5 Å². The Morgan fingerprint density at radius 3 is 2.63 bits per heavy atom. The van der Waals surface area contributed by atoms with Crippen molar-refractivity contribution in [1.29, 1.82) is 0 Å². The van der Waals surface area contributed by atoms with Gasteiger partial charge in [-0.1, -0.05) is 18.2 Å². The Kier molecular flexibility index (Phi) is 6.01. The van der Waals surface area contributed by atoms with E-state index in [1.807, 2.05) is 30.3 Å². The van der Waals surface area contributed by atoms with Gasteiger partial charge in [0.15, 0.2) is 23.0 Å². The first-order valence-electron chi connectivity index (χ1n) is 11.9. The highest BCUT2D eigenvalue weighted by Crippen LogP contribution is 2.37. The number of ether oxygens (including phenoxy) is 5. The van der Waals surface area contributed by atoms with Gasteiger partial charge in [0.25, 0.3) is 0 Å². The van der Waals surface area contributed by atoms with E-state index in [0.29, 0.717) is 43.1 Å². The van der Waals surface area contributed by atoms with Gasteiger partial charge in [0, 0.05) is 39.1 Å². The third kappa shape index (κ3) is 4.56. The summed E-state index contributed by atoms with van der Waals surface area (Å²) in [5, 5.41) is 0. The van der Waals surface area contributed by atoms with Crippen molar-refractivity contribution in [2.24, 2.45) is 0 Å². The van der Waals surface area contributed by atoms with Crippen molar-refractivity contribution in [3.05, 3.63) is 59.3 Å². The van der Waals surface area contributed by atoms with Gasteiger partial charge < -0.3 is 28.6 Å². The molecule has 182 valence electrons. The van der Waals surface area contributed by atoms with Crippen LogP contribution in [0.25, 0.3) is 0 Å². The van der Waals surface area contributed by atoms with Gasteiger partial charge in [-0.25, -0.2) is 4.98 Å². The van der Waals surface area contributed by atoms with Crippen LogP contribution in [0.3, 0.4) is 0 Å². The second-order valence-electron chi connectivity index (χ2n) is 8.75. The molecule has 0 spiro atoms. The standard InChI is InChI=1S/C26H28N4O5/c1-31-21-4-2-3-5-23(21)35-25-19-16-29(15-18-6-7-22-24(14-18)34-17-33-22)9-8-20(19)27-26(28-25)30-10-12-32-13-11-30/h2-7,14H,8-13,15-17H2,1H3. The van der Waals surface area contributed by atoms with Crippen molar-refractivity contribution < 1.29 is 23.7 Å². The molecule has 0 bridgehead atoms. The maximum atomic E-state index is 6.39. The van der Waals surface area contributed by atoms with Crippen molar-refractivity contribution in [3.8, 4) is 28.9 Å². The number of para-hydroxylation sites is 2. The number of fused-ring (bicyclic) bond motifs is 2. The molecule has 0 radical (unpaired) electrons. The number of morpholine rings is 1. The molecule has 0 unspecified atom stereocenters. The molecule has 0 atom stereocenters. The van der Waals surface area contributed by atoms with E-state index in [1.54, 1.807) is 7.11 Å². The van der Waals surface area contributed by atoms with Gasteiger partial charge in [0.1, 0.15) is 0 Å². The van der Waals surface area contributed by atoms with Crippen LogP contribution in [0, 0.1) is 0 Å². The van der Waals surface area contributed by atoms with Crippen LogP contribution in [0.4, 0.5) is 5.95 Å². The van der Waals surface area contributed by atoms with Crippen LogP contribution in [-0.2, 0) is 24.2 Å². The molecule has 2 aromatic carbocycles. The fourth-order valence-corrected chi connectivity index (χ4v) is 4.66. The van der Waals surface area contributed by atoms with Gasteiger partial charge in [-0.2, -0.15) is 4.98 Å². The minimum absolute atomic E-state index is 0.280. The summed E-state index contributed by atoms with van der Waals surface area (Å²) < 4.78 is 28.4. The van der Waals surface area contributed by atoms with Crippen molar-refractivity contribution in [1.82, 2.24) is 14.9 Å². The van der Waals surface area contributed by atoms with E-state index in [9.17, 15) is 0 Å². The van der Waals surface area contributed by atoms with E-state index in [0.717, 1.165) is 55.4 Å². The Balaban J connectivity index is 1.30. The number of methoxy groups -OCH3 is 1. The van der Waals surface area contributed by atoms with Gasteiger partial charge >= 0.3 is 0 Å². The summed E-state index contributed by atoms with van der Waals surface area (Å²) in [7, 11) is 1.64. The Hall–Kier alpha value is -3.56. The lowest BCUT2D eigenvalue weighted by atomic mass is 10.1. The van der Waals surface area contributed by atoms with Crippen molar-refractivity contribution in [2.75, 3.05) is 51.7 Å². The van der Waals surface area contributed by atoms with Gasteiger partial charge in [0.05, 0.1) is 31.6 Å². The Morgan fingerprint density at radius 1 is 0.943 bits per heavy atom. The zero-order valence-corrected chi connectivity index (χ0v) is 19.7. The molecule has 0 N–H and O–H groups in total. The topological polar surface area (TPSA) is 78.4 Å². The molecule has 3 aromatic rings. The van der Waals surface area contributed by atoms with E-state index in [1.165, 1.54) is 5.56 Å². The summed E-state index contributed by atoms with van der Waals surface area (Å²) >= 11 is 0. The second kappa shape index (κ2) is 9.59. The molecule has 0 saturated carbocycles. The molecule has 1 fully saturated rings. The molecule has 6 rings (SSSR count). The third-order valence-corrected chi connectivity index (χ3v) is 6.50. The van der Waals surface area contributed by atoms with Crippen LogP contribution in [0.5, 0.6) is 28.9 Å². The van der Waals surface area contributed by atoms with Crippen LogP contribution in [0.2, 0.25) is 0 Å². The molecule has 1 aromatic heterocycles. The van der Waals surface area contributed by atoms with Crippen molar-refractivity contribution >= 4 is 5.95 Å². The zero-order valence-electron chi connectivity index (χ0n) is 19.7. The highest BCUT2D eigenvalue weighted by Gasteiger charge is 2.27. The highest BCUT2D eigenvalue weighted by atomic mass is 16.7. The fourth-order valence-electron chi connectivity index (χ4n) is 4.66. The van der Waals surface area contributed by atoms with E-state index in [2.05, 4.69) is 21.9 Å². The number of aromatic nitrogens is 2. The van der Waals surface area contributed by atoms with E-state index < -0.39 is 0 Å². The van der Waals surface area contributed by atoms with Crippen LogP contribution >= 0.6 is 0 Å². The monoisotopic (exact) mass is 476 g/mol. The molecular formula is C26H28N4O5. The molecule has 0 aliphatic carbocycles. The minimum Gasteiger partial charge on any atom is -0.493 e. The number of hydrogen-bond donors (Lipinski definition) is 0. The summed E-state index contributed by atoms with van der Waals surface area (Å²) in [5.41, 5.74) is 3.23. The second-order valence-corrected chi connectivity index (χ2v) is 8.75. The highest BCUT2D eigenvalue weighted by molar-refractivity contribution is 5.47. The average molecular weight is 477 g/mol. The predicted octanol–water partition coefficient (Wildman–Crippen LogP) is 3.40. The lowest BCUT2D eigenvalue weighted by Gasteiger charge is -2.32. The molecule has 4 heterocycles. The molecule has 1 saturated heterocycles. The Labute approximate surface area is 204 Å². The summed E-state index contributed by atoms with van der Waals surface area (Å²) in [6, 6.07) is 13.8. The van der Waals surface area contributed by atoms with E-state index >= 15 is 0 Å². The first-order chi connectivity index (χ1) is 17.3. The maximum absolute atomic E-state index is 6.39. The fraction of sp³-hybridized carbons (Fsp3) is 0.385. The van der Waals surface area contributed by atoms with Gasteiger partial charge in [-0.15, -0.1) is 0 Å². The van der Waals surface area contributed by atoms with Crippen molar-refractivity contribution in [3.63, 3.8) is 0 Å². The summed E-state index contributed by atoms with van der Waals surface area (Å²) in [5.74, 6) is 4.18. The van der Waals surface area contributed by atoms with Gasteiger partial charge in [-0.05, 0) is 29.8 Å². The minimum atomic E-state index is 0.280. The lowest BCUT2D eigenvalue weighted by Crippen LogP contribution is -2.38. The molecule has 9 nitrogen and oxygen atoms in total. The van der Waals surface area contributed by atoms with Crippen LogP contribution in [0.1, 0.15) is 16.8 Å². The predicted molar refractivity (Wildman–Crippen MR) is 129 cm³/mol. The SMILES string of the molecule is COc1ccccc1Oc1nc(N2CCOCC2)nc2c1CN(Cc1ccc3c(c1)OCO3)CC2. The third-order valence-electron chi connectivity index (χ3n) is 6.50. The summed E-state index contributed by atoms with van der Waals surface area (Å²) in [6.45, 7) is 5.54. The number of hydrogen-bond acceptors (Lipinski definition) is 9. The van der Waals surface area contributed by atoms with E-state index in [-0.39, 0.29) is 6.79 Å². The molecule has 3 aliphatic rings. The van der Waals surface area contributed by atoms with Gasteiger partial charge in [0.2, 0.25) is 18.6 Å². The largest absolute Gasteiger partial charge is 0.493 e. The Bertz CT molecular complexity index is 1210. The summed E-state index contributed by atoms with van der Waals surface area (Å²) in [4.78, 5) is 14.4. The molecule has 35 heavy (non-hydrogen) atoms. The average Bonchev–Trinajstić information content (AvgIpc) is 3.38.